The summed E-state index contributed by atoms with van der Waals surface area (Å²) >= 11 is 0. The van der Waals surface area contributed by atoms with Gasteiger partial charge in [-0.2, -0.15) is 5.26 Å². The minimum absolute atomic E-state index is 0.372. The number of primary amides is 1. The van der Waals surface area contributed by atoms with Crippen molar-refractivity contribution in [3.05, 3.63) is 29.8 Å². The van der Waals surface area contributed by atoms with E-state index in [1.54, 1.807) is 24.3 Å². The molecule has 0 unspecified atom stereocenters. The molecule has 0 saturated heterocycles. The number of carbonyl (C=O) groups is 1. The van der Waals surface area contributed by atoms with Gasteiger partial charge in [0.1, 0.15) is 0 Å². The molecule has 66 valence electrons. The van der Waals surface area contributed by atoms with Crippen molar-refractivity contribution in [2.75, 3.05) is 5.32 Å². The van der Waals surface area contributed by atoms with Crippen LogP contribution in [0.2, 0.25) is 0 Å². The van der Waals surface area contributed by atoms with E-state index in [1.165, 1.54) is 0 Å². The van der Waals surface area contributed by atoms with Gasteiger partial charge >= 0.3 is 6.03 Å². The van der Waals surface area contributed by atoms with Crippen LogP contribution in [-0.2, 0) is 6.42 Å². The minimum Gasteiger partial charge on any atom is -0.351 e. The highest BCUT2D eigenvalue weighted by Gasteiger charge is 1.95. The van der Waals surface area contributed by atoms with Gasteiger partial charge in [0.25, 0.3) is 0 Å². The third kappa shape index (κ3) is 2.83. The molecule has 1 aromatic rings. The number of nitriles is 1. The summed E-state index contributed by atoms with van der Waals surface area (Å²) < 4.78 is 0. The zero-order chi connectivity index (χ0) is 9.68. The van der Waals surface area contributed by atoms with Crippen LogP contribution in [0.4, 0.5) is 10.5 Å². The van der Waals surface area contributed by atoms with Crippen molar-refractivity contribution in [1.82, 2.24) is 0 Å². The molecule has 1 aromatic carbocycles. The summed E-state index contributed by atoms with van der Waals surface area (Å²) in [6, 6.07) is 8.40. The molecule has 0 heterocycles. The fourth-order valence-corrected chi connectivity index (χ4v) is 0.939. The lowest BCUT2D eigenvalue weighted by atomic mass is 10.1. The van der Waals surface area contributed by atoms with Crippen LogP contribution < -0.4 is 11.1 Å². The third-order valence-corrected chi connectivity index (χ3v) is 1.50. The molecule has 2 amide bonds. The third-order valence-electron chi connectivity index (χ3n) is 1.50. The van der Waals surface area contributed by atoms with Crippen LogP contribution in [0.25, 0.3) is 0 Å². The second kappa shape index (κ2) is 4.12. The zero-order valence-electron chi connectivity index (χ0n) is 6.95. The number of amides is 2. The average molecular weight is 175 g/mol. The van der Waals surface area contributed by atoms with Crippen LogP contribution in [0.1, 0.15) is 5.56 Å². The van der Waals surface area contributed by atoms with Crippen molar-refractivity contribution in [2.45, 2.75) is 6.42 Å². The van der Waals surface area contributed by atoms with E-state index in [0.717, 1.165) is 5.56 Å². The first kappa shape index (κ1) is 9.07. The number of rotatable bonds is 2. The molecule has 13 heavy (non-hydrogen) atoms. The normalized spacial score (nSPS) is 8.85. The molecular formula is C9H9N3O. The highest BCUT2D eigenvalue weighted by molar-refractivity contribution is 5.87. The molecule has 0 saturated carbocycles. The molecule has 0 bridgehead atoms. The quantitative estimate of drug-likeness (QED) is 0.709. The summed E-state index contributed by atoms with van der Waals surface area (Å²) in [7, 11) is 0. The van der Waals surface area contributed by atoms with Gasteiger partial charge in [-0.3, -0.25) is 0 Å². The molecule has 4 nitrogen and oxygen atoms in total. The van der Waals surface area contributed by atoms with Gasteiger partial charge in [0, 0.05) is 5.69 Å². The van der Waals surface area contributed by atoms with E-state index in [2.05, 4.69) is 5.32 Å². The van der Waals surface area contributed by atoms with Crippen LogP contribution in [0, 0.1) is 11.3 Å². The Morgan fingerprint density at radius 1 is 1.46 bits per heavy atom. The Balaban J connectivity index is 2.70. The van der Waals surface area contributed by atoms with Crippen LogP contribution in [0.5, 0.6) is 0 Å². The molecule has 0 aromatic heterocycles. The number of anilines is 1. The molecule has 0 aliphatic heterocycles. The number of hydrogen-bond acceptors (Lipinski definition) is 2. The van der Waals surface area contributed by atoms with Gasteiger partial charge in [0.05, 0.1) is 12.5 Å². The van der Waals surface area contributed by atoms with Gasteiger partial charge in [0.2, 0.25) is 0 Å². The van der Waals surface area contributed by atoms with Crippen molar-refractivity contribution >= 4 is 11.7 Å². The first-order chi connectivity index (χ1) is 6.22. The molecule has 0 aliphatic rings. The predicted molar refractivity (Wildman–Crippen MR) is 49.0 cm³/mol. The van der Waals surface area contributed by atoms with Crippen LogP contribution in [0.15, 0.2) is 24.3 Å². The summed E-state index contributed by atoms with van der Waals surface area (Å²) in [5.41, 5.74) is 6.47. The van der Waals surface area contributed by atoms with E-state index in [1.807, 2.05) is 6.07 Å². The number of nitrogens with zero attached hydrogens (tertiary/aromatic N) is 1. The Hall–Kier alpha value is -2.02. The Bertz CT molecular complexity index is 337. The summed E-state index contributed by atoms with van der Waals surface area (Å²) in [6.45, 7) is 0. The maximum absolute atomic E-state index is 10.4. The van der Waals surface area contributed by atoms with E-state index in [4.69, 9.17) is 11.0 Å². The Morgan fingerprint density at radius 2 is 2.08 bits per heavy atom. The maximum Gasteiger partial charge on any atom is 0.316 e. The summed E-state index contributed by atoms with van der Waals surface area (Å²) in [6.07, 6.45) is 0.372. The van der Waals surface area contributed by atoms with E-state index >= 15 is 0 Å². The second-order valence-electron chi connectivity index (χ2n) is 2.52. The SMILES string of the molecule is N#CCc1ccc(NC(N)=O)cc1. The van der Waals surface area contributed by atoms with Crippen LogP contribution in [-0.4, -0.2) is 6.03 Å². The first-order valence-electron chi connectivity index (χ1n) is 3.74. The van der Waals surface area contributed by atoms with Crippen molar-refractivity contribution in [3.63, 3.8) is 0 Å². The van der Waals surface area contributed by atoms with Crippen LogP contribution in [0.3, 0.4) is 0 Å². The molecule has 0 radical (unpaired) electrons. The maximum atomic E-state index is 10.4. The molecule has 0 fully saturated rings. The molecule has 0 aliphatic carbocycles. The number of nitrogens with two attached hydrogens (primary N) is 1. The van der Waals surface area contributed by atoms with Gasteiger partial charge in [-0.15, -0.1) is 0 Å². The monoisotopic (exact) mass is 175 g/mol. The Kier molecular flexibility index (Phi) is 2.87. The van der Waals surface area contributed by atoms with Crippen molar-refractivity contribution in [3.8, 4) is 6.07 Å². The van der Waals surface area contributed by atoms with Gasteiger partial charge in [0.15, 0.2) is 0 Å². The lowest BCUT2D eigenvalue weighted by Gasteiger charge is -2.01. The predicted octanol–water partition coefficient (Wildman–Crippen LogP) is 1.24. The minimum atomic E-state index is -0.590. The fraction of sp³-hybridized carbons (Fsp3) is 0.111. The molecule has 3 N–H and O–H groups in total. The van der Waals surface area contributed by atoms with Gasteiger partial charge in [-0.1, -0.05) is 12.1 Å². The van der Waals surface area contributed by atoms with Crippen molar-refractivity contribution in [2.24, 2.45) is 5.73 Å². The summed E-state index contributed by atoms with van der Waals surface area (Å²) in [5.74, 6) is 0. The lowest BCUT2D eigenvalue weighted by molar-refractivity contribution is 0.259. The second-order valence-corrected chi connectivity index (χ2v) is 2.52. The fourth-order valence-electron chi connectivity index (χ4n) is 0.939. The smallest absolute Gasteiger partial charge is 0.316 e. The molecule has 1 rings (SSSR count). The number of hydrogen-bond donors (Lipinski definition) is 2. The standard InChI is InChI=1S/C9H9N3O/c10-6-5-7-1-3-8(4-2-7)12-9(11)13/h1-4H,5H2,(H3,11,12,13). The Labute approximate surface area is 76.0 Å². The van der Waals surface area contributed by atoms with Gasteiger partial charge in [-0.05, 0) is 17.7 Å². The highest BCUT2D eigenvalue weighted by atomic mass is 16.2. The summed E-state index contributed by atoms with van der Waals surface area (Å²) in [5, 5.41) is 10.8. The zero-order valence-corrected chi connectivity index (χ0v) is 6.95. The van der Waals surface area contributed by atoms with Crippen molar-refractivity contribution in [1.29, 1.82) is 5.26 Å². The molecule has 0 spiro atoms. The summed E-state index contributed by atoms with van der Waals surface area (Å²) in [4.78, 5) is 10.4. The average Bonchev–Trinajstić information content (AvgIpc) is 2.08. The lowest BCUT2D eigenvalue weighted by Crippen LogP contribution is -2.19. The van der Waals surface area contributed by atoms with Crippen LogP contribution >= 0.6 is 0 Å². The van der Waals surface area contributed by atoms with Crippen molar-refractivity contribution < 1.29 is 4.79 Å². The number of urea groups is 1. The largest absolute Gasteiger partial charge is 0.351 e. The number of carbonyl (C=O) groups excluding carboxylic acids is 1. The highest BCUT2D eigenvalue weighted by Crippen LogP contribution is 2.09. The Morgan fingerprint density at radius 3 is 2.54 bits per heavy atom. The molecule has 0 atom stereocenters. The van der Waals surface area contributed by atoms with Gasteiger partial charge < -0.3 is 11.1 Å². The molecular weight excluding hydrogens is 166 g/mol. The number of nitrogens with one attached hydrogen (secondary N) is 1. The number of benzene rings is 1. The first-order valence-corrected chi connectivity index (χ1v) is 3.74. The van der Waals surface area contributed by atoms with E-state index < -0.39 is 6.03 Å². The van der Waals surface area contributed by atoms with E-state index in [-0.39, 0.29) is 0 Å². The van der Waals surface area contributed by atoms with E-state index in [9.17, 15) is 4.79 Å². The topological polar surface area (TPSA) is 78.9 Å². The van der Waals surface area contributed by atoms with Gasteiger partial charge in [-0.25, -0.2) is 4.79 Å². The molecule has 4 heteroatoms. The van der Waals surface area contributed by atoms with E-state index in [0.29, 0.717) is 12.1 Å².